The predicted molar refractivity (Wildman–Crippen MR) is 76.5 cm³/mol. The number of hydrogen-bond acceptors (Lipinski definition) is 3. The molecule has 0 aliphatic heterocycles. The molecule has 2 atom stereocenters. The number of halogens is 2. The van der Waals surface area contributed by atoms with Crippen molar-refractivity contribution < 1.29 is 13.5 Å². The van der Waals surface area contributed by atoms with Gasteiger partial charge in [-0.1, -0.05) is 6.92 Å². The van der Waals surface area contributed by atoms with E-state index >= 15 is 0 Å². The molecule has 20 heavy (non-hydrogen) atoms. The number of methoxy groups -OCH3 is 1. The molecule has 0 radical (unpaired) electrons. The Morgan fingerprint density at radius 1 is 1.35 bits per heavy atom. The van der Waals surface area contributed by atoms with E-state index in [1.54, 1.807) is 7.11 Å². The van der Waals surface area contributed by atoms with Gasteiger partial charge in [0, 0.05) is 31.8 Å². The zero-order chi connectivity index (χ0) is 15.1. The van der Waals surface area contributed by atoms with Gasteiger partial charge < -0.3 is 10.5 Å². The molecular formula is C15H24F2N2O. The fraction of sp³-hybridized carbons (Fsp3) is 0.600. The molecule has 0 fully saturated rings. The monoisotopic (exact) mass is 286 g/mol. The summed E-state index contributed by atoms with van der Waals surface area (Å²) >= 11 is 0. The average Bonchev–Trinajstić information content (AvgIpc) is 2.45. The number of benzene rings is 1. The first-order valence-corrected chi connectivity index (χ1v) is 6.94. The normalized spacial score (nSPS) is 14.6. The molecule has 0 amide bonds. The summed E-state index contributed by atoms with van der Waals surface area (Å²) in [5, 5.41) is 0. The number of nitrogens with zero attached hydrogens (tertiary/aromatic N) is 1. The third-order valence-corrected chi connectivity index (χ3v) is 3.65. The lowest BCUT2D eigenvalue weighted by molar-refractivity contribution is 0.0887. The number of ether oxygens (including phenoxy) is 1. The lowest BCUT2D eigenvalue weighted by Gasteiger charge is -2.36. The molecule has 2 N–H and O–H groups in total. The molecule has 0 bridgehead atoms. The van der Waals surface area contributed by atoms with E-state index in [-0.39, 0.29) is 18.6 Å². The molecule has 2 unspecified atom stereocenters. The first-order chi connectivity index (χ1) is 9.54. The Labute approximate surface area is 119 Å². The van der Waals surface area contributed by atoms with Gasteiger partial charge in [0.25, 0.3) is 0 Å². The molecule has 3 nitrogen and oxygen atoms in total. The highest BCUT2D eigenvalue weighted by molar-refractivity contribution is 5.23. The van der Waals surface area contributed by atoms with E-state index in [1.807, 2.05) is 0 Å². The summed E-state index contributed by atoms with van der Waals surface area (Å²) in [6.45, 7) is 5.49. The minimum absolute atomic E-state index is 0.210. The molecule has 1 rings (SSSR count). The van der Waals surface area contributed by atoms with Crippen molar-refractivity contribution in [3.63, 3.8) is 0 Å². The molecule has 0 heterocycles. The lowest BCUT2D eigenvalue weighted by Crippen LogP contribution is -2.42. The molecule has 1 aromatic rings. The maximum Gasteiger partial charge on any atom is 0.128 e. The highest BCUT2D eigenvalue weighted by Crippen LogP contribution is 2.26. The fourth-order valence-electron chi connectivity index (χ4n) is 2.33. The maximum absolute atomic E-state index is 14.0. The van der Waals surface area contributed by atoms with Crippen LogP contribution in [0.4, 0.5) is 8.78 Å². The first-order valence-electron chi connectivity index (χ1n) is 6.94. The third kappa shape index (κ3) is 4.23. The topological polar surface area (TPSA) is 38.5 Å². The van der Waals surface area contributed by atoms with Gasteiger partial charge in [-0.05, 0) is 31.5 Å². The van der Waals surface area contributed by atoms with Crippen molar-refractivity contribution in [2.75, 3.05) is 26.8 Å². The van der Waals surface area contributed by atoms with Crippen molar-refractivity contribution in [3.8, 4) is 0 Å². The van der Waals surface area contributed by atoms with Crippen LogP contribution in [0.1, 0.15) is 31.9 Å². The minimum Gasteiger partial charge on any atom is -0.383 e. The Balaban J connectivity index is 3.07. The lowest BCUT2D eigenvalue weighted by atomic mass is 10.0. The van der Waals surface area contributed by atoms with Gasteiger partial charge in [-0.3, -0.25) is 4.90 Å². The maximum atomic E-state index is 14.0. The Morgan fingerprint density at radius 3 is 2.60 bits per heavy atom. The van der Waals surface area contributed by atoms with Gasteiger partial charge in [0.2, 0.25) is 0 Å². The van der Waals surface area contributed by atoms with Crippen LogP contribution in [-0.2, 0) is 4.74 Å². The Kier molecular flexibility index (Phi) is 7.05. The van der Waals surface area contributed by atoms with Gasteiger partial charge in [-0.2, -0.15) is 0 Å². The molecule has 0 aliphatic rings. The van der Waals surface area contributed by atoms with Crippen LogP contribution in [0.3, 0.4) is 0 Å². The summed E-state index contributed by atoms with van der Waals surface area (Å²) in [7, 11) is 1.62. The summed E-state index contributed by atoms with van der Waals surface area (Å²) < 4.78 is 32.5. The van der Waals surface area contributed by atoms with Crippen LogP contribution < -0.4 is 5.73 Å². The average molecular weight is 286 g/mol. The van der Waals surface area contributed by atoms with E-state index < -0.39 is 11.6 Å². The van der Waals surface area contributed by atoms with Crippen molar-refractivity contribution in [2.24, 2.45) is 5.73 Å². The zero-order valence-electron chi connectivity index (χ0n) is 12.4. The fourth-order valence-corrected chi connectivity index (χ4v) is 2.33. The van der Waals surface area contributed by atoms with Gasteiger partial charge >= 0.3 is 0 Å². The predicted octanol–water partition coefficient (Wildman–Crippen LogP) is 2.71. The zero-order valence-corrected chi connectivity index (χ0v) is 12.4. The van der Waals surface area contributed by atoms with Crippen LogP contribution in [0, 0.1) is 11.6 Å². The van der Waals surface area contributed by atoms with Crippen LogP contribution in [0.2, 0.25) is 0 Å². The summed E-state index contributed by atoms with van der Waals surface area (Å²) in [6.07, 6.45) is 0.900. The van der Waals surface area contributed by atoms with Gasteiger partial charge in [0.15, 0.2) is 0 Å². The highest BCUT2D eigenvalue weighted by Gasteiger charge is 2.25. The SMILES string of the molecule is CCC(C)N(CCOC)C(CN)c1cc(F)ccc1F. The molecule has 0 spiro atoms. The van der Waals surface area contributed by atoms with Crippen LogP contribution in [0.5, 0.6) is 0 Å². The summed E-state index contributed by atoms with van der Waals surface area (Å²) in [5.74, 6) is -0.872. The van der Waals surface area contributed by atoms with Crippen molar-refractivity contribution in [1.29, 1.82) is 0 Å². The molecule has 114 valence electrons. The van der Waals surface area contributed by atoms with Gasteiger partial charge in [0.1, 0.15) is 11.6 Å². The second-order valence-corrected chi connectivity index (χ2v) is 4.91. The van der Waals surface area contributed by atoms with Gasteiger partial charge in [-0.25, -0.2) is 8.78 Å². The second kappa shape index (κ2) is 8.29. The summed E-state index contributed by atoms with van der Waals surface area (Å²) in [4.78, 5) is 2.07. The molecule has 5 heteroatoms. The number of nitrogens with two attached hydrogens (primary N) is 1. The van der Waals surface area contributed by atoms with E-state index in [4.69, 9.17) is 10.5 Å². The van der Waals surface area contributed by atoms with Crippen LogP contribution >= 0.6 is 0 Å². The minimum atomic E-state index is -0.448. The van der Waals surface area contributed by atoms with Crippen LogP contribution in [0.15, 0.2) is 18.2 Å². The second-order valence-electron chi connectivity index (χ2n) is 4.91. The molecule has 0 aliphatic carbocycles. The van der Waals surface area contributed by atoms with E-state index in [0.717, 1.165) is 18.6 Å². The van der Waals surface area contributed by atoms with Crippen molar-refractivity contribution in [1.82, 2.24) is 4.90 Å². The molecule has 0 saturated carbocycles. The molecule has 0 saturated heterocycles. The highest BCUT2D eigenvalue weighted by atomic mass is 19.1. The first kappa shape index (κ1) is 17.0. The number of rotatable bonds is 8. The molecule has 1 aromatic carbocycles. The summed E-state index contributed by atoms with van der Waals surface area (Å²) in [5.41, 5.74) is 6.13. The number of hydrogen-bond donors (Lipinski definition) is 1. The standard InChI is InChI=1S/C15H24F2N2O/c1-4-11(2)19(7-8-20-3)15(10-18)13-9-12(16)5-6-14(13)17/h5-6,9,11,15H,4,7-8,10,18H2,1-3H3. The Hall–Kier alpha value is -1.04. The Bertz CT molecular complexity index is 415. The van der Waals surface area contributed by atoms with Crippen molar-refractivity contribution in [3.05, 3.63) is 35.4 Å². The summed E-state index contributed by atoms with van der Waals surface area (Å²) in [6, 6.07) is 3.36. The van der Waals surface area contributed by atoms with Crippen LogP contribution in [0.25, 0.3) is 0 Å². The van der Waals surface area contributed by atoms with Crippen molar-refractivity contribution >= 4 is 0 Å². The quantitative estimate of drug-likeness (QED) is 0.798. The van der Waals surface area contributed by atoms with Crippen molar-refractivity contribution in [2.45, 2.75) is 32.4 Å². The van der Waals surface area contributed by atoms with E-state index in [2.05, 4.69) is 18.7 Å². The Morgan fingerprint density at radius 2 is 2.05 bits per heavy atom. The van der Waals surface area contributed by atoms with Gasteiger partial charge in [0.05, 0.1) is 12.6 Å². The largest absolute Gasteiger partial charge is 0.383 e. The smallest absolute Gasteiger partial charge is 0.128 e. The van der Waals surface area contributed by atoms with E-state index in [1.165, 1.54) is 6.07 Å². The third-order valence-electron chi connectivity index (χ3n) is 3.65. The molecular weight excluding hydrogens is 262 g/mol. The van der Waals surface area contributed by atoms with Gasteiger partial charge in [-0.15, -0.1) is 0 Å². The van der Waals surface area contributed by atoms with E-state index in [9.17, 15) is 8.78 Å². The van der Waals surface area contributed by atoms with Crippen LogP contribution in [-0.4, -0.2) is 37.7 Å². The molecule has 0 aromatic heterocycles. The van der Waals surface area contributed by atoms with E-state index in [0.29, 0.717) is 18.7 Å².